The van der Waals surface area contributed by atoms with E-state index in [1.807, 2.05) is 0 Å². The van der Waals surface area contributed by atoms with Gasteiger partial charge in [0.1, 0.15) is 6.04 Å². The Bertz CT molecular complexity index is 567. The second-order valence-corrected chi connectivity index (χ2v) is 3.55. The summed E-state index contributed by atoms with van der Waals surface area (Å²) < 4.78 is 38.1. The Hall–Kier alpha value is -1.72. The smallest absolute Gasteiger partial charge is 0.361 e. The van der Waals surface area contributed by atoms with Crippen LogP contribution in [0.3, 0.4) is 0 Å². The van der Waals surface area contributed by atoms with Gasteiger partial charge in [0, 0.05) is 12.4 Å². The van der Waals surface area contributed by atoms with E-state index in [9.17, 15) is 18.0 Å². The fourth-order valence-electron chi connectivity index (χ4n) is 1.53. The van der Waals surface area contributed by atoms with Crippen molar-refractivity contribution in [1.29, 1.82) is 0 Å². The van der Waals surface area contributed by atoms with Gasteiger partial charge in [-0.1, -0.05) is 0 Å². The van der Waals surface area contributed by atoms with E-state index < -0.39 is 17.8 Å². The molecule has 3 nitrogen and oxygen atoms in total. The molecule has 0 fully saturated rings. The molecule has 2 aromatic rings. The summed E-state index contributed by atoms with van der Waals surface area (Å²) in [7, 11) is 0. The molecule has 1 unspecified atom stereocenters. The zero-order valence-corrected chi connectivity index (χ0v) is 8.38. The minimum atomic E-state index is -4.42. The minimum absolute atomic E-state index is 0.263. The van der Waals surface area contributed by atoms with E-state index in [-0.39, 0.29) is 5.39 Å². The summed E-state index contributed by atoms with van der Waals surface area (Å²) in [5, 5.41) is 0.263. The Morgan fingerprint density at radius 2 is 2.06 bits per heavy atom. The molecule has 2 heterocycles. The molecule has 0 radical (unpaired) electrons. The summed E-state index contributed by atoms with van der Waals surface area (Å²) in [4.78, 5) is 14.5. The summed E-state index contributed by atoms with van der Waals surface area (Å²) in [6.45, 7) is 0.958. The standard InChI is InChI=1S/C10H9F3N2O/c1-6(10(11,12)13)15-5-3-8-7(9(15)16)2-4-14-8/h2-6,14H,1H3. The first-order chi connectivity index (χ1) is 7.41. The number of aromatic amines is 1. The summed E-state index contributed by atoms with van der Waals surface area (Å²) >= 11 is 0. The summed E-state index contributed by atoms with van der Waals surface area (Å²) in [6.07, 6.45) is -1.75. The number of nitrogens with zero attached hydrogens (tertiary/aromatic N) is 1. The number of H-pyrrole nitrogens is 1. The largest absolute Gasteiger partial charge is 0.408 e. The van der Waals surface area contributed by atoms with Gasteiger partial charge in [0.05, 0.1) is 10.9 Å². The Labute approximate surface area is 88.5 Å². The molecule has 1 N–H and O–H groups in total. The van der Waals surface area contributed by atoms with Gasteiger partial charge in [0.25, 0.3) is 5.56 Å². The Morgan fingerprint density at radius 1 is 1.38 bits per heavy atom. The molecule has 0 aliphatic rings. The number of hydrogen-bond donors (Lipinski definition) is 1. The normalized spacial score (nSPS) is 14.2. The van der Waals surface area contributed by atoms with Gasteiger partial charge in [-0.25, -0.2) is 0 Å². The highest BCUT2D eigenvalue weighted by molar-refractivity contribution is 5.77. The fourth-order valence-corrected chi connectivity index (χ4v) is 1.53. The van der Waals surface area contributed by atoms with E-state index in [2.05, 4.69) is 4.98 Å². The van der Waals surface area contributed by atoms with Crippen LogP contribution in [0.2, 0.25) is 0 Å². The van der Waals surface area contributed by atoms with Crippen molar-refractivity contribution in [3.63, 3.8) is 0 Å². The highest BCUT2D eigenvalue weighted by atomic mass is 19.4. The molecule has 16 heavy (non-hydrogen) atoms. The third-order valence-corrected chi connectivity index (χ3v) is 2.54. The first kappa shape index (κ1) is 10.8. The molecule has 0 bridgehead atoms. The number of pyridine rings is 1. The average molecular weight is 230 g/mol. The van der Waals surface area contributed by atoms with Gasteiger partial charge >= 0.3 is 6.18 Å². The van der Waals surface area contributed by atoms with Gasteiger partial charge in [0.15, 0.2) is 0 Å². The lowest BCUT2D eigenvalue weighted by molar-refractivity contribution is -0.163. The Morgan fingerprint density at radius 3 is 2.69 bits per heavy atom. The molecular weight excluding hydrogens is 221 g/mol. The first-order valence-electron chi connectivity index (χ1n) is 4.66. The molecule has 1 atom stereocenters. The molecule has 0 aromatic carbocycles. The van der Waals surface area contributed by atoms with E-state index >= 15 is 0 Å². The van der Waals surface area contributed by atoms with Crippen molar-refractivity contribution in [3.8, 4) is 0 Å². The van der Waals surface area contributed by atoms with Crippen molar-refractivity contribution in [3.05, 3.63) is 34.9 Å². The van der Waals surface area contributed by atoms with Crippen molar-refractivity contribution in [2.45, 2.75) is 19.1 Å². The second kappa shape index (κ2) is 3.40. The molecule has 0 aliphatic heterocycles. The van der Waals surface area contributed by atoms with Crippen LogP contribution in [0, 0.1) is 0 Å². The Balaban J connectivity index is 2.62. The van der Waals surface area contributed by atoms with E-state index in [4.69, 9.17) is 0 Å². The lowest BCUT2D eigenvalue weighted by Gasteiger charge is -2.18. The monoisotopic (exact) mass is 230 g/mol. The molecule has 0 saturated heterocycles. The van der Waals surface area contributed by atoms with Crippen LogP contribution in [0.1, 0.15) is 13.0 Å². The lowest BCUT2D eigenvalue weighted by Crippen LogP contribution is -2.31. The number of alkyl halides is 3. The maximum atomic E-state index is 12.5. The third kappa shape index (κ3) is 1.60. The van der Waals surface area contributed by atoms with E-state index in [0.29, 0.717) is 10.1 Å². The van der Waals surface area contributed by atoms with Crippen molar-refractivity contribution >= 4 is 10.9 Å². The van der Waals surface area contributed by atoms with Crippen molar-refractivity contribution in [2.75, 3.05) is 0 Å². The molecule has 2 aromatic heterocycles. The van der Waals surface area contributed by atoms with Crippen LogP contribution < -0.4 is 5.56 Å². The minimum Gasteiger partial charge on any atom is -0.361 e. The van der Waals surface area contributed by atoms with Gasteiger partial charge in [-0.15, -0.1) is 0 Å². The predicted octanol–water partition coefficient (Wildman–Crippen LogP) is 2.45. The van der Waals surface area contributed by atoms with Gasteiger partial charge in [-0.3, -0.25) is 4.79 Å². The first-order valence-corrected chi connectivity index (χ1v) is 4.66. The van der Waals surface area contributed by atoms with Crippen LogP contribution in [0.25, 0.3) is 10.9 Å². The zero-order valence-electron chi connectivity index (χ0n) is 8.38. The van der Waals surface area contributed by atoms with E-state index in [1.54, 1.807) is 0 Å². The lowest BCUT2D eigenvalue weighted by atomic mass is 10.2. The van der Waals surface area contributed by atoms with Crippen LogP contribution in [-0.4, -0.2) is 15.7 Å². The van der Waals surface area contributed by atoms with Crippen LogP contribution in [-0.2, 0) is 0 Å². The van der Waals surface area contributed by atoms with Crippen molar-refractivity contribution in [1.82, 2.24) is 9.55 Å². The van der Waals surface area contributed by atoms with Crippen molar-refractivity contribution < 1.29 is 13.2 Å². The maximum absolute atomic E-state index is 12.5. The van der Waals surface area contributed by atoms with Gasteiger partial charge in [0.2, 0.25) is 0 Å². The summed E-state index contributed by atoms with van der Waals surface area (Å²) in [5.41, 5.74) is -0.0980. The highest BCUT2D eigenvalue weighted by Gasteiger charge is 2.37. The number of rotatable bonds is 1. The van der Waals surface area contributed by atoms with E-state index in [1.165, 1.54) is 18.3 Å². The maximum Gasteiger partial charge on any atom is 0.408 e. The van der Waals surface area contributed by atoms with Crippen LogP contribution in [0.5, 0.6) is 0 Å². The predicted molar refractivity (Wildman–Crippen MR) is 53.3 cm³/mol. The quantitative estimate of drug-likeness (QED) is 0.802. The number of nitrogens with one attached hydrogen (secondary N) is 1. The number of halogens is 3. The summed E-state index contributed by atoms with van der Waals surface area (Å²) in [5.74, 6) is 0. The number of hydrogen-bond acceptors (Lipinski definition) is 1. The fraction of sp³-hybridized carbons (Fsp3) is 0.300. The number of aromatic nitrogens is 2. The highest BCUT2D eigenvalue weighted by Crippen LogP contribution is 2.29. The molecule has 0 amide bonds. The van der Waals surface area contributed by atoms with E-state index in [0.717, 1.165) is 13.1 Å². The van der Waals surface area contributed by atoms with Gasteiger partial charge < -0.3 is 9.55 Å². The zero-order chi connectivity index (χ0) is 11.9. The molecule has 86 valence electrons. The molecule has 2 rings (SSSR count). The number of fused-ring (bicyclic) bond motifs is 1. The van der Waals surface area contributed by atoms with Crippen LogP contribution >= 0.6 is 0 Å². The molecule has 0 aliphatic carbocycles. The summed E-state index contributed by atoms with van der Waals surface area (Å²) in [6, 6.07) is 1.11. The second-order valence-electron chi connectivity index (χ2n) is 3.55. The molecule has 0 saturated carbocycles. The topological polar surface area (TPSA) is 37.8 Å². The Kier molecular flexibility index (Phi) is 2.29. The average Bonchev–Trinajstić information content (AvgIpc) is 2.64. The van der Waals surface area contributed by atoms with Gasteiger partial charge in [-0.05, 0) is 19.1 Å². The SMILES string of the molecule is CC(n1ccc2[nH]ccc2c1=O)C(F)(F)F. The van der Waals surface area contributed by atoms with Crippen molar-refractivity contribution in [2.24, 2.45) is 0 Å². The van der Waals surface area contributed by atoms with Gasteiger partial charge in [-0.2, -0.15) is 13.2 Å². The molecule has 0 spiro atoms. The molecule has 6 heteroatoms. The third-order valence-electron chi connectivity index (χ3n) is 2.54. The van der Waals surface area contributed by atoms with Crippen LogP contribution in [0.4, 0.5) is 13.2 Å². The molecular formula is C10H9F3N2O. The van der Waals surface area contributed by atoms with Crippen LogP contribution in [0.15, 0.2) is 29.3 Å².